The Kier molecular flexibility index (Phi) is 4.07. The lowest BCUT2D eigenvalue weighted by Gasteiger charge is -2.21. The zero-order chi connectivity index (χ0) is 11.6. The van der Waals surface area contributed by atoms with Gasteiger partial charge in [0.05, 0.1) is 11.8 Å². The fourth-order valence-electron chi connectivity index (χ4n) is 0.507. The van der Waals surface area contributed by atoms with Gasteiger partial charge in [-0.3, -0.25) is 0 Å². The number of nitriles is 1. The lowest BCUT2D eigenvalue weighted by Crippen LogP contribution is -2.41. The molecule has 3 nitrogen and oxygen atoms in total. The van der Waals surface area contributed by atoms with E-state index in [4.69, 9.17) is 28.5 Å². The van der Waals surface area contributed by atoms with Gasteiger partial charge in [-0.2, -0.15) is 18.4 Å². The van der Waals surface area contributed by atoms with Crippen LogP contribution in [-0.2, 0) is 9.84 Å². The van der Waals surface area contributed by atoms with Gasteiger partial charge in [0.15, 0.2) is 9.84 Å². The normalized spacial score (nSPS) is 13.7. The summed E-state index contributed by atoms with van der Waals surface area (Å²) in [5.41, 5.74) is 0. The van der Waals surface area contributed by atoms with E-state index in [9.17, 15) is 21.6 Å². The van der Waals surface area contributed by atoms with Gasteiger partial charge >= 0.3 is 6.18 Å². The van der Waals surface area contributed by atoms with Gasteiger partial charge in [0.2, 0.25) is 4.33 Å². The second kappa shape index (κ2) is 4.13. The molecule has 0 aliphatic rings. The van der Waals surface area contributed by atoms with Crippen molar-refractivity contribution in [2.24, 2.45) is 0 Å². The highest BCUT2D eigenvalue weighted by atomic mass is 35.5. The van der Waals surface area contributed by atoms with Crippen molar-refractivity contribution in [2.75, 3.05) is 11.5 Å². The van der Waals surface area contributed by atoms with Crippen molar-refractivity contribution >= 4 is 33.0 Å². The molecule has 0 fully saturated rings. The van der Waals surface area contributed by atoms with Crippen molar-refractivity contribution in [3.8, 4) is 6.07 Å². The first kappa shape index (κ1) is 13.8. The summed E-state index contributed by atoms with van der Waals surface area (Å²) in [5, 5.41) is 8.00. The number of nitrogens with zero attached hydrogens (tertiary/aromatic N) is 1. The molecule has 0 aromatic heterocycles. The molecule has 82 valence electrons. The van der Waals surface area contributed by atoms with E-state index in [1.54, 1.807) is 0 Å². The maximum Gasteiger partial charge on any atom is 0.422 e. The van der Waals surface area contributed by atoms with Crippen LogP contribution in [0.4, 0.5) is 13.2 Å². The largest absolute Gasteiger partial charge is 0.422 e. The number of sulfone groups is 1. The topological polar surface area (TPSA) is 57.9 Å². The summed E-state index contributed by atoms with van der Waals surface area (Å²) in [6, 6.07) is 1.21. The van der Waals surface area contributed by atoms with Crippen LogP contribution >= 0.6 is 23.2 Å². The van der Waals surface area contributed by atoms with Crippen LogP contribution in [0.2, 0.25) is 0 Å². The van der Waals surface area contributed by atoms with Gasteiger partial charge in [0.25, 0.3) is 0 Å². The molecule has 14 heavy (non-hydrogen) atoms. The van der Waals surface area contributed by atoms with Crippen molar-refractivity contribution in [3.05, 3.63) is 0 Å². The lowest BCUT2D eigenvalue weighted by molar-refractivity contribution is -0.136. The molecule has 0 bridgehead atoms. The Labute approximate surface area is 88.3 Å². The Morgan fingerprint density at radius 3 is 2.00 bits per heavy atom. The molecule has 0 spiro atoms. The Hall–Kier alpha value is -0.190. The number of hydrogen-bond acceptors (Lipinski definition) is 3. The van der Waals surface area contributed by atoms with Crippen molar-refractivity contribution in [2.45, 2.75) is 10.5 Å². The van der Waals surface area contributed by atoms with Gasteiger partial charge in [0.1, 0.15) is 5.75 Å². The number of halogens is 5. The minimum atomic E-state index is -5.06. The zero-order valence-electron chi connectivity index (χ0n) is 6.48. The standard InChI is InChI=1S/C5H4Cl2F3NO2S/c6-4(7,5(8,9)10)3-14(12,13)2-1-11/h2-3H2. The quantitative estimate of drug-likeness (QED) is 0.733. The third-order valence-electron chi connectivity index (χ3n) is 1.10. The molecular weight excluding hydrogens is 266 g/mol. The molecule has 0 aliphatic heterocycles. The second-order valence-electron chi connectivity index (χ2n) is 2.39. The summed E-state index contributed by atoms with van der Waals surface area (Å²) in [6.45, 7) is 0. The van der Waals surface area contributed by atoms with Gasteiger partial charge in [-0.05, 0) is 0 Å². The summed E-state index contributed by atoms with van der Waals surface area (Å²) >= 11 is 9.57. The molecule has 0 heterocycles. The summed E-state index contributed by atoms with van der Waals surface area (Å²) in [7, 11) is -4.22. The van der Waals surface area contributed by atoms with E-state index in [0.29, 0.717) is 0 Å². The van der Waals surface area contributed by atoms with Gasteiger partial charge < -0.3 is 0 Å². The highest BCUT2D eigenvalue weighted by Crippen LogP contribution is 2.40. The molecule has 0 saturated carbocycles. The maximum absolute atomic E-state index is 12.0. The fraction of sp³-hybridized carbons (Fsp3) is 0.800. The van der Waals surface area contributed by atoms with Crippen molar-refractivity contribution < 1.29 is 21.6 Å². The first-order valence-electron chi connectivity index (χ1n) is 3.04. The number of alkyl halides is 5. The van der Waals surface area contributed by atoms with Crippen molar-refractivity contribution in [3.63, 3.8) is 0 Å². The summed E-state index contributed by atoms with van der Waals surface area (Å²) in [5.74, 6) is -2.58. The molecule has 0 radical (unpaired) electrons. The zero-order valence-corrected chi connectivity index (χ0v) is 8.80. The second-order valence-corrected chi connectivity index (χ2v) is 5.94. The van der Waals surface area contributed by atoms with Crippen molar-refractivity contribution in [1.82, 2.24) is 0 Å². The third kappa shape index (κ3) is 3.90. The molecule has 0 rings (SSSR count). The van der Waals surface area contributed by atoms with E-state index in [1.165, 1.54) is 6.07 Å². The van der Waals surface area contributed by atoms with Gasteiger partial charge in [-0.15, -0.1) is 0 Å². The van der Waals surface area contributed by atoms with Crippen LogP contribution in [0, 0.1) is 11.3 Å². The summed E-state index contributed by atoms with van der Waals surface area (Å²) in [4.78, 5) is 0. The molecular formula is C5H4Cl2F3NO2S. The van der Waals surface area contributed by atoms with E-state index < -0.39 is 31.9 Å². The van der Waals surface area contributed by atoms with Gasteiger partial charge in [0, 0.05) is 0 Å². The first-order valence-corrected chi connectivity index (χ1v) is 5.61. The fourth-order valence-corrected chi connectivity index (χ4v) is 2.52. The lowest BCUT2D eigenvalue weighted by atomic mass is 10.4. The predicted molar refractivity (Wildman–Crippen MR) is 44.8 cm³/mol. The highest BCUT2D eigenvalue weighted by molar-refractivity contribution is 7.91. The SMILES string of the molecule is N#CCS(=O)(=O)CC(Cl)(Cl)C(F)(F)F. The van der Waals surface area contributed by atoms with Crippen LogP contribution in [0.15, 0.2) is 0 Å². The molecule has 0 aliphatic carbocycles. The smallest absolute Gasteiger partial charge is 0.228 e. The summed E-state index contributed by atoms with van der Waals surface area (Å²) < 4.78 is 54.2. The molecule has 0 aromatic carbocycles. The van der Waals surface area contributed by atoms with E-state index in [1.807, 2.05) is 0 Å². The van der Waals surface area contributed by atoms with Crippen LogP contribution in [0.5, 0.6) is 0 Å². The molecule has 9 heteroatoms. The minimum absolute atomic E-state index is 1.05. The third-order valence-corrected chi connectivity index (χ3v) is 3.55. The molecule has 0 saturated heterocycles. The van der Waals surface area contributed by atoms with Crippen LogP contribution in [-0.4, -0.2) is 30.4 Å². The van der Waals surface area contributed by atoms with Crippen molar-refractivity contribution in [1.29, 1.82) is 5.26 Å². The first-order chi connectivity index (χ1) is 6.02. The van der Waals surface area contributed by atoms with E-state index in [2.05, 4.69) is 0 Å². The van der Waals surface area contributed by atoms with E-state index in [-0.39, 0.29) is 0 Å². The average molecular weight is 270 g/mol. The molecule has 0 atom stereocenters. The van der Waals surface area contributed by atoms with Crippen LogP contribution < -0.4 is 0 Å². The molecule has 0 aromatic rings. The summed E-state index contributed by atoms with van der Waals surface area (Å²) in [6.07, 6.45) is -5.06. The minimum Gasteiger partial charge on any atom is -0.228 e. The van der Waals surface area contributed by atoms with E-state index >= 15 is 0 Å². The van der Waals surface area contributed by atoms with Crippen LogP contribution in [0.25, 0.3) is 0 Å². The molecule has 0 unspecified atom stereocenters. The van der Waals surface area contributed by atoms with E-state index in [0.717, 1.165) is 0 Å². The number of rotatable bonds is 3. The molecule has 0 amide bonds. The highest BCUT2D eigenvalue weighted by Gasteiger charge is 2.54. The average Bonchev–Trinajstić information content (AvgIpc) is 1.80. The Morgan fingerprint density at radius 1 is 1.29 bits per heavy atom. The number of hydrogen-bond donors (Lipinski definition) is 0. The van der Waals surface area contributed by atoms with Crippen LogP contribution in [0.1, 0.15) is 0 Å². The maximum atomic E-state index is 12.0. The Bertz CT molecular complexity index is 343. The van der Waals surface area contributed by atoms with Gasteiger partial charge in [-0.1, -0.05) is 23.2 Å². The predicted octanol–water partition coefficient (Wildman–Crippen LogP) is 1.66. The van der Waals surface area contributed by atoms with Gasteiger partial charge in [-0.25, -0.2) is 8.42 Å². The Morgan fingerprint density at radius 2 is 1.71 bits per heavy atom. The monoisotopic (exact) mass is 269 g/mol. The Balaban J connectivity index is 4.79. The molecule has 0 N–H and O–H groups in total. The van der Waals surface area contributed by atoms with Crippen LogP contribution in [0.3, 0.4) is 0 Å².